The molecule has 22 heavy (non-hydrogen) atoms. The van der Waals surface area contributed by atoms with Crippen LogP contribution >= 0.6 is 0 Å². The molecule has 7 heteroatoms. The number of rotatable bonds is 5. The van der Waals surface area contributed by atoms with E-state index in [1.54, 1.807) is 20.8 Å². The van der Waals surface area contributed by atoms with E-state index in [0.717, 1.165) is 0 Å². The Morgan fingerprint density at radius 2 is 1.77 bits per heavy atom. The van der Waals surface area contributed by atoms with E-state index in [1.807, 2.05) is 0 Å². The quantitative estimate of drug-likeness (QED) is 0.277. The molecule has 0 unspecified atom stereocenters. The van der Waals surface area contributed by atoms with Gasteiger partial charge in [-0.2, -0.15) is 0 Å². The van der Waals surface area contributed by atoms with Crippen molar-refractivity contribution in [2.45, 2.75) is 32.8 Å². The van der Waals surface area contributed by atoms with E-state index in [2.05, 4.69) is 0 Å². The molecule has 1 aromatic rings. The highest BCUT2D eigenvalue weighted by Gasteiger charge is 2.22. The average molecular weight is 307 g/mol. The highest BCUT2D eigenvalue weighted by atomic mass is 16.6. The summed E-state index contributed by atoms with van der Waals surface area (Å²) < 4.78 is 5.16. The van der Waals surface area contributed by atoms with Crippen LogP contribution in [-0.4, -0.2) is 34.2 Å². The Bertz CT molecular complexity index is 642. The van der Waals surface area contributed by atoms with Crippen molar-refractivity contribution >= 4 is 29.2 Å². The van der Waals surface area contributed by atoms with E-state index < -0.39 is 35.5 Å². The van der Waals surface area contributed by atoms with Gasteiger partial charge in [-0.25, -0.2) is 9.59 Å². The third kappa shape index (κ3) is 4.69. The second-order valence-electron chi connectivity index (χ2n) is 5.63. The minimum absolute atomic E-state index is 0.0121. The van der Waals surface area contributed by atoms with Crippen LogP contribution in [0.4, 0.5) is 5.69 Å². The summed E-state index contributed by atoms with van der Waals surface area (Å²) in [6, 6.07) is 3.86. The Kier molecular flexibility index (Phi) is 5.03. The van der Waals surface area contributed by atoms with Crippen molar-refractivity contribution in [2.75, 3.05) is 5.73 Å². The highest BCUT2D eigenvalue weighted by Crippen LogP contribution is 2.19. The number of benzene rings is 1. The Morgan fingerprint density at radius 3 is 2.23 bits per heavy atom. The van der Waals surface area contributed by atoms with Gasteiger partial charge in [-0.3, -0.25) is 9.59 Å². The predicted octanol–water partition coefficient (Wildman–Crippen LogP) is 1.45. The van der Waals surface area contributed by atoms with Crippen LogP contribution < -0.4 is 5.73 Å². The standard InChI is InChI=1S/C15H17NO6/c1-15(2,3)22-14(21)8-4-5-9(10(16)6-8)11(17)7-12(18)13(19)20/h4-6H,7,16H2,1-3H3,(H,19,20). The van der Waals surface area contributed by atoms with Crippen LogP contribution in [0.15, 0.2) is 18.2 Å². The zero-order chi connectivity index (χ0) is 17.1. The van der Waals surface area contributed by atoms with E-state index in [1.165, 1.54) is 18.2 Å². The fourth-order valence-corrected chi connectivity index (χ4v) is 1.60. The highest BCUT2D eigenvalue weighted by molar-refractivity contribution is 6.37. The molecule has 0 aromatic heterocycles. The fourth-order valence-electron chi connectivity index (χ4n) is 1.60. The number of Topliss-reactive ketones (excluding diaryl/α,β-unsaturated/α-hetero) is 2. The van der Waals surface area contributed by atoms with Crippen LogP contribution in [0.25, 0.3) is 0 Å². The summed E-state index contributed by atoms with van der Waals surface area (Å²) in [5.74, 6) is -4.22. The van der Waals surface area contributed by atoms with E-state index in [9.17, 15) is 19.2 Å². The lowest BCUT2D eigenvalue weighted by Crippen LogP contribution is -2.24. The first-order valence-electron chi connectivity index (χ1n) is 6.43. The van der Waals surface area contributed by atoms with Gasteiger partial charge in [-0.05, 0) is 39.0 Å². The second-order valence-corrected chi connectivity index (χ2v) is 5.63. The van der Waals surface area contributed by atoms with Crippen LogP contribution in [0.1, 0.15) is 47.9 Å². The maximum Gasteiger partial charge on any atom is 0.372 e. The van der Waals surface area contributed by atoms with Crippen molar-refractivity contribution in [3.05, 3.63) is 29.3 Å². The molecule has 0 bridgehead atoms. The van der Waals surface area contributed by atoms with Crippen LogP contribution in [0.3, 0.4) is 0 Å². The normalized spacial score (nSPS) is 10.9. The van der Waals surface area contributed by atoms with Gasteiger partial charge < -0.3 is 15.6 Å². The van der Waals surface area contributed by atoms with E-state index in [4.69, 9.17) is 15.6 Å². The molecule has 0 atom stereocenters. The molecular weight excluding hydrogens is 290 g/mol. The first-order chi connectivity index (χ1) is 10.0. The van der Waals surface area contributed by atoms with E-state index >= 15 is 0 Å². The first-order valence-corrected chi connectivity index (χ1v) is 6.43. The van der Waals surface area contributed by atoms with Gasteiger partial charge in [0.25, 0.3) is 0 Å². The lowest BCUT2D eigenvalue weighted by Gasteiger charge is -2.19. The summed E-state index contributed by atoms with van der Waals surface area (Å²) in [7, 11) is 0. The summed E-state index contributed by atoms with van der Waals surface area (Å²) in [6.45, 7) is 5.14. The number of carbonyl (C=O) groups is 4. The van der Waals surface area contributed by atoms with Gasteiger partial charge in [0, 0.05) is 11.3 Å². The number of hydrogen-bond donors (Lipinski definition) is 2. The molecule has 0 saturated heterocycles. The molecule has 1 aromatic carbocycles. The van der Waals surface area contributed by atoms with Crippen molar-refractivity contribution in [3.8, 4) is 0 Å². The van der Waals surface area contributed by atoms with Crippen molar-refractivity contribution in [2.24, 2.45) is 0 Å². The number of anilines is 1. The minimum atomic E-state index is -1.68. The number of ether oxygens (including phenoxy) is 1. The van der Waals surface area contributed by atoms with Crippen LogP contribution in [0, 0.1) is 0 Å². The van der Waals surface area contributed by atoms with Gasteiger partial charge in [0.05, 0.1) is 12.0 Å². The van der Waals surface area contributed by atoms with Gasteiger partial charge >= 0.3 is 11.9 Å². The monoisotopic (exact) mass is 307 g/mol. The number of carboxylic acids is 1. The fraction of sp³-hybridized carbons (Fsp3) is 0.333. The van der Waals surface area contributed by atoms with Crippen molar-refractivity contribution in [1.82, 2.24) is 0 Å². The molecule has 118 valence electrons. The third-order valence-electron chi connectivity index (χ3n) is 2.55. The van der Waals surface area contributed by atoms with Crippen molar-refractivity contribution in [1.29, 1.82) is 0 Å². The molecular formula is C15H17NO6. The van der Waals surface area contributed by atoms with Gasteiger partial charge in [0.1, 0.15) is 5.60 Å². The zero-order valence-electron chi connectivity index (χ0n) is 12.5. The summed E-state index contributed by atoms with van der Waals surface area (Å²) in [5.41, 5.74) is 5.14. The van der Waals surface area contributed by atoms with E-state index in [-0.39, 0.29) is 16.8 Å². The van der Waals surface area contributed by atoms with E-state index in [0.29, 0.717) is 0 Å². The molecule has 0 aliphatic carbocycles. The molecule has 0 aliphatic rings. The van der Waals surface area contributed by atoms with Crippen LogP contribution in [-0.2, 0) is 14.3 Å². The number of aliphatic carboxylic acids is 1. The largest absolute Gasteiger partial charge is 0.475 e. The number of ketones is 2. The first kappa shape index (κ1) is 17.4. The van der Waals surface area contributed by atoms with Gasteiger partial charge in [-0.15, -0.1) is 0 Å². The third-order valence-corrected chi connectivity index (χ3v) is 2.55. The number of carbonyl (C=O) groups excluding carboxylic acids is 3. The number of hydrogen-bond acceptors (Lipinski definition) is 6. The number of nitrogens with two attached hydrogens (primary N) is 1. The number of carboxylic acid groups (broad SMARTS) is 1. The number of nitrogen functional groups attached to an aromatic ring is 1. The van der Waals surface area contributed by atoms with Crippen molar-refractivity contribution in [3.63, 3.8) is 0 Å². The Labute approximate surface area is 127 Å². The summed E-state index contributed by atoms with van der Waals surface area (Å²) in [6.07, 6.45) is -0.786. The van der Waals surface area contributed by atoms with Crippen molar-refractivity contribution < 1.29 is 29.0 Å². The molecule has 7 nitrogen and oxygen atoms in total. The van der Waals surface area contributed by atoms with Crippen LogP contribution in [0.2, 0.25) is 0 Å². The SMILES string of the molecule is CC(C)(C)OC(=O)c1ccc(C(=O)CC(=O)C(=O)O)c(N)c1. The zero-order valence-corrected chi connectivity index (χ0v) is 12.5. The molecule has 3 N–H and O–H groups in total. The molecule has 1 rings (SSSR count). The lowest BCUT2D eigenvalue weighted by molar-refractivity contribution is -0.148. The Morgan fingerprint density at radius 1 is 1.18 bits per heavy atom. The predicted molar refractivity (Wildman–Crippen MR) is 77.6 cm³/mol. The van der Waals surface area contributed by atoms with Gasteiger partial charge in [0.15, 0.2) is 5.78 Å². The van der Waals surface area contributed by atoms with Crippen LogP contribution in [0.5, 0.6) is 0 Å². The minimum Gasteiger partial charge on any atom is -0.475 e. The Balaban J connectivity index is 2.95. The topological polar surface area (TPSA) is 124 Å². The average Bonchev–Trinajstić information content (AvgIpc) is 2.35. The molecule has 0 aliphatic heterocycles. The molecule has 0 fully saturated rings. The maximum absolute atomic E-state index is 11.9. The summed E-state index contributed by atoms with van der Waals surface area (Å²) in [5, 5.41) is 8.48. The summed E-state index contributed by atoms with van der Waals surface area (Å²) in [4.78, 5) is 45.1. The molecule has 0 saturated carbocycles. The Hall–Kier alpha value is -2.70. The molecule has 0 spiro atoms. The lowest BCUT2D eigenvalue weighted by atomic mass is 10.0. The molecule has 0 radical (unpaired) electrons. The summed E-state index contributed by atoms with van der Waals surface area (Å²) >= 11 is 0. The van der Waals surface area contributed by atoms with Gasteiger partial charge in [0.2, 0.25) is 5.78 Å². The smallest absolute Gasteiger partial charge is 0.372 e. The molecule has 0 amide bonds. The second kappa shape index (κ2) is 6.38. The maximum atomic E-state index is 11.9. The molecule has 0 heterocycles. The van der Waals surface area contributed by atoms with Gasteiger partial charge in [-0.1, -0.05) is 0 Å². The number of esters is 1.